The molecule has 2 N–H and O–H groups in total. The van der Waals surface area contributed by atoms with Gasteiger partial charge in [0.1, 0.15) is 35.9 Å². The maximum absolute atomic E-state index is 15.5. The van der Waals surface area contributed by atoms with Crippen LogP contribution in [0.2, 0.25) is 0 Å². The molecule has 1 aliphatic carbocycles. The second kappa shape index (κ2) is 18.6. The molecule has 2 bridgehead atoms. The van der Waals surface area contributed by atoms with Crippen molar-refractivity contribution in [1.29, 1.82) is 0 Å². The largest absolute Gasteiger partial charge is 0.458 e. The maximum atomic E-state index is 15.5. The van der Waals surface area contributed by atoms with Crippen molar-refractivity contribution in [2.45, 2.75) is 127 Å². The third-order valence-electron chi connectivity index (χ3n) is 11.9. The number of likely N-dealkylation sites (N-methyl/N-ethyl adjacent to an activating group) is 2. The number of carbonyl (C=O) groups excluding carboxylic acids is 4. The Bertz CT molecular complexity index is 1730. The summed E-state index contributed by atoms with van der Waals surface area (Å²) in [6.07, 6.45) is 7.80. The smallest absolute Gasteiger partial charge is 0.327 e. The first-order valence-electron chi connectivity index (χ1n) is 20.6. The van der Waals surface area contributed by atoms with Gasteiger partial charge >= 0.3 is 5.97 Å². The number of benzene rings is 2. The third-order valence-corrected chi connectivity index (χ3v) is 11.9. The molecule has 310 valence electrons. The zero-order chi connectivity index (χ0) is 40.7. The Morgan fingerprint density at radius 1 is 0.930 bits per heavy atom. The van der Waals surface area contributed by atoms with E-state index in [1.54, 1.807) is 32.3 Å². The first-order chi connectivity index (χ1) is 27.5. The zero-order valence-electron chi connectivity index (χ0n) is 34.1. The van der Waals surface area contributed by atoms with Gasteiger partial charge in [-0.25, -0.2) is 0 Å². The van der Waals surface area contributed by atoms with Crippen molar-refractivity contribution in [1.82, 2.24) is 20.2 Å². The molecule has 4 aliphatic rings. The standard InChI is InChI=1S/C44H60N4O9/c1-6-8-13-23-43(24-14-9-7-2)55-36-34-28-44(42(53)47(5)33(40(51)45-25-26-49)27-31-15-11-10-12-16-31)38(41(52)54-34)48(57-39(44)37(36)56-43)29-32-19-17-30(18-20-32)21-22-35(50)46(3)4/h10-12,15-22,33-34,36-39,49H,6-9,13-14,23-29H2,1-5H3,(H,45,51)/t33-,34-,36+,37+,38-,39-,44-/m1/s1. The van der Waals surface area contributed by atoms with E-state index in [4.69, 9.17) is 19.0 Å². The van der Waals surface area contributed by atoms with Crippen molar-refractivity contribution >= 4 is 29.8 Å². The fourth-order valence-corrected chi connectivity index (χ4v) is 8.92. The van der Waals surface area contributed by atoms with Crippen LogP contribution in [0, 0.1) is 5.41 Å². The Morgan fingerprint density at radius 2 is 1.60 bits per heavy atom. The summed E-state index contributed by atoms with van der Waals surface area (Å²) in [5.74, 6) is -2.46. The van der Waals surface area contributed by atoms with Crippen LogP contribution < -0.4 is 5.32 Å². The van der Waals surface area contributed by atoms with Crippen LogP contribution in [0.5, 0.6) is 0 Å². The monoisotopic (exact) mass is 788 g/mol. The second-order valence-corrected chi connectivity index (χ2v) is 16.2. The summed E-state index contributed by atoms with van der Waals surface area (Å²) in [6, 6.07) is 14.9. The number of nitrogens with one attached hydrogen (secondary N) is 1. The predicted octanol–water partition coefficient (Wildman–Crippen LogP) is 4.41. The average Bonchev–Trinajstić information content (AvgIpc) is 3.77. The Morgan fingerprint density at radius 3 is 2.23 bits per heavy atom. The Balaban J connectivity index is 1.37. The molecule has 13 nitrogen and oxygen atoms in total. The number of carbonyl (C=O) groups is 4. The van der Waals surface area contributed by atoms with Gasteiger partial charge in [-0.05, 0) is 35.6 Å². The first-order valence-corrected chi connectivity index (χ1v) is 20.6. The van der Waals surface area contributed by atoms with Gasteiger partial charge in [-0.3, -0.25) is 24.0 Å². The number of esters is 1. The maximum Gasteiger partial charge on any atom is 0.327 e. The molecule has 57 heavy (non-hydrogen) atoms. The number of aliphatic hydroxyl groups is 1. The van der Waals surface area contributed by atoms with E-state index in [2.05, 4.69) is 19.2 Å². The van der Waals surface area contributed by atoms with Gasteiger partial charge in [0.2, 0.25) is 17.7 Å². The molecule has 3 aliphatic heterocycles. The predicted molar refractivity (Wildman–Crippen MR) is 213 cm³/mol. The highest BCUT2D eigenvalue weighted by atomic mass is 16.8. The summed E-state index contributed by atoms with van der Waals surface area (Å²) in [7, 11) is 4.99. The van der Waals surface area contributed by atoms with Crippen molar-refractivity contribution in [3.05, 3.63) is 77.4 Å². The highest BCUT2D eigenvalue weighted by Gasteiger charge is 2.76. The van der Waals surface area contributed by atoms with E-state index in [9.17, 15) is 19.5 Å². The number of nitrogens with zero attached hydrogens (tertiary/aromatic N) is 3. The molecule has 1 saturated carbocycles. The molecule has 6 rings (SSSR count). The van der Waals surface area contributed by atoms with Crippen LogP contribution in [0.1, 0.15) is 88.3 Å². The highest BCUT2D eigenvalue weighted by molar-refractivity contribution is 5.96. The molecule has 13 heteroatoms. The fraction of sp³-hybridized carbons (Fsp3) is 0.591. The van der Waals surface area contributed by atoms with Gasteiger partial charge in [-0.2, -0.15) is 5.06 Å². The van der Waals surface area contributed by atoms with E-state index in [1.165, 1.54) is 15.9 Å². The van der Waals surface area contributed by atoms with Crippen molar-refractivity contribution in [3.8, 4) is 0 Å². The molecule has 3 amide bonds. The third kappa shape index (κ3) is 8.97. The summed E-state index contributed by atoms with van der Waals surface area (Å²) in [6.45, 7) is 4.24. The molecular weight excluding hydrogens is 729 g/mol. The minimum absolute atomic E-state index is 0.0292. The van der Waals surface area contributed by atoms with Crippen LogP contribution in [-0.4, -0.2) is 120 Å². The molecule has 0 radical (unpaired) electrons. The first kappa shape index (κ1) is 42.5. The lowest BCUT2D eigenvalue weighted by atomic mass is 9.62. The van der Waals surface area contributed by atoms with Crippen LogP contribution in [0.3, 0.4) is 0 Å². The summed E-state index contributed by atoms with van der Waals surface area (Å²) in [5.41, 5.74) is 1.02. The highest BCUT2D eigenvalue weighted by Crippen LogP contribution is 2.58. The number of hydrogen-bond acceptors (Lipinski definition) is 10. The zero-order valence-corrected chi connectivity index (χ0v) is 34.1. The van der Waals surface area contributed by atoms with Crippen molar-refractivity contribution in [2.75, 3.05) is 34.3 Å². The van der Waals surface area contributed by atoms with Crippen molar-refractivity contribution in [2.24, 2.45) is 5.41 Å². The van der Waals surface area contributed by atoms with E-state index in [0.29, 0.717) is 12.8 Å². The molecule has 3 heterocycles. The summed E-state index contributed by atoms with van der Waals surface area (Å²) in [5, 5.41) is 13.9. The summed E-state index contributed by atoms with van der Waals surface area (Å²) < 4.78 is 20.2. The van der Waals surface area contributed by atoms with E-state index in [1.807, 2.05) is 54.6 Å². The van der Waals surface area contributed by atoms with Crippen LogP contribution >= 0.6 is 0 Å². The molecule has 0 unspecified atom stereocenters. The van der Waals surface area contributed by atoms with Gasteiger partial charge in [0, 0.05) is 59.4 Å². The molecule has 7 atom stereocenters. The number of unbranched alkanes of at least 4 members (excludes halogenated alkanes) is 4. The van der Waals surface area contributed by atoms with Gasteiger partial charge in [-0.1, -0.05) is 94.1 Å². The molecule has 0 aromatic heterocycles. The molecular formula is C44H60N4O9. The van der Waals surface area contributed by atoms with E-state index >= 15 is 4.79 Å². The van der Waals surface area contributed by atoms with Crippen LogP contribution in [-0.2, 0) is 51.2 Å². The van der Waals surface area contributed by atoms with Crippen LogP contribution in [0.25, 0.3) is 6.08 Å². The van der Waals surface area contributed by atoms with Crippen LogP contribution in [0.15, 0.2) is 60.7 Å². The summed E-state index contributed by atoms with van der Waals surface area (Å²) >= 11 is 0. The lowest BCUT2D eigenvalue weighted by Gasteiger charge is -2.50. The minimum atomic E-state index is -1.47. The second-order valence-electron chi connectivity index (χ2n) is 16.2. The Kier molecular flexibility index (Phi) is 13.9. The molecule has 3 saturated heterocycles. The van der Waals surface area contributed by atoms with E-state index in [0.717, 1.165) is 55.2 Å². The number of hydrogen-bond donors (Lipinski definition) is 2. The fourth-order valence-electron chi connectivity index (χ4n) is 8.92. The minimum Gasteiger partial charge on any atom is -0.458 e. The lowest BCUT2D eigenvalue weighted by molar-refractivity contribution is -0.225. The molecule has 2 aromatic rings. The van der Waals surface area contributed by atoms with Gasteiger partial charge < -0.3 is 34.4 Å². The SMILES string of the molecule is CCCCCC1(CCCCC)O[C@@H]2[C@H](O1)[C@H]1ON(Cc3ccc(C=CC(=O)N(C)C)cc3)[C@@H]3C(=O)O[C@@H]2C[C@]13C(=O)N(C)[C@H](Cc1ccccc1)C(=O)NCCO. The Hall–Kier alpha value is -4.14. The van der Waals surface area contributed by atoms with Crippen molar-refractivity contribution in [3.63, 3.8) is 0 Å². The molecule has 4 fully saturated rings. The number of aliphatic hydroxyl groups excluding tert-OH is 1. The number of amides is 3. The van der Waals surface area contributed by atoms with Gasteiger partial charge in [0.25, 0.3) is 0 Å². The summed E-state index contributed by atoms with van der Waals surface area (Å²) in [4.78, 5) is 65.6. The van der Waals surface area contributed by atoms with E-state index < -0.39 is 65.5 Å². The van der Waals surface area contributed by atoms with Gasteiger partial charge in [0.05, 0.1) is 13.2 Å². The van der Waals surface area contributed by atoms with E-state index in [-0.39, 0.29) is 38.4 Å². The number of rotatable bonds is 19. The topological polar surface area (TPSA) is 147 Å². The number of hydroxylamine groups is 2. The number of ether oxygens (including phenoxy) is 3. The normalized spacial score (nSPS) is 26.5. The Labute approximate surface area is 336 Å². The molecule has 0 spiro atoms. The van der Waals surface area contributed by atoms with Gasteiger partial charge in [-0.15, -0.1) is 0 Å². The van der Waals surface area contributed by atoms with Crippen molar-refractivity contribution < 1.29 is 43.3 Å². The average molecular weight is 789 g/mol. The molecule has 2 aromatic carbocycles. The number of fused-ring (bicyclic) bond motifs is 4. The quantitative estimate of drug-likeness (QED) is 0.119. The lowest BCUT2D eigenvalue weighted by Crippen LogP contribution is -2.70. The van der Waals surface area contributed by atoms with Gasteiger partial charge in [0.15, 0.2) is 11.8 Å². The van der Waals surface area contributed by atoms with Crippen LogP contribution in [0.4, 0.5) is 0 Å².